The summed E-state index contributed by atoms with van der Waals surface area (Å²) in [6.45, 7) is 24.5. The van der Waals surface area contributed by atoms with E-state index in [2.05, 4.69) is 96.2 Å². The molecule has 0 bridgehead atoms. The number of rotatable bonds is 6. The van der Waals surface area contributed by atoms with E-state index in [0.717, 1.165) is 0 Å². The van der Waals surface area contributed by atoms with Crippen LogP contribution in [0.2, 0.25) is 58.9 Å². The molecule has 1 radical (unpaired) electrons. The van der Waals surface area contributed by atoms with E-state index in [1.54, 1.807) is 0 Å². The molecule has 1 aromatic rings. The highest BCUT2D eigenvalue weighted by Gasteiger charge is 2.45. The molecule has 0 saturated heterocycles. The Bertz CT molecular complexity index is 531. The number of hydrogen-bond donors (Lipinski definition) is 0. The minimum absolute atomic E-state index is 0.623. The van der Waals surface area contributed by atoms with Crippen molar-refractivity contribution in [2.24, 2.45) is 0 Å². The molecule has 0 aromatic heterocycles. The summed E-state index contributed by atoms with van der Waals surface area (Å²) in [5.74, 6) is 0. The SMILES string of the molecule is C/C(=C(/O[Si](C)(C)C)[Si]([Si](C)(C)C)[Si](C)(C)C)c1ccccc1. The normalized spacial score (nSPS) is 14.7. The highest BCUT2D eigenvalue weighted by molar-refractivity contribution is 7.62. The maximum absolute atomic E-state index is 6.80. The Balaban J connectivity index is 3.57. The third-order valence-corrected chi connectivity index (χ3v) is 32.5. The van der Waals surface area contributed by atoms with Gasteiger partial charge >= 0.3 is 0 Å². The molecule has 0 N–H and O–H groups in total. The summed E-state index contributed by atoms with van der Waals surface area (Å²) in [5, 5.41) is 1.42. The fourth-order valence-corrected chi connectivity index (χ4v) is 42.6. The molecule has 0 aliphatic carbocycles. The van der Waals surface area contributed by atoms with E-state index in [4.69, 9.17) is 4.43 Å². The lowest BCUT2D eigenvalue weighted by Crippen LogP contribution is -2.61. The van der Waals surface area contributed by atoms with E-state index in [1.165, 1.54) is 16.5 Å². The first-order valence-electron chi connectivity index (χ1n) is 8.57. The van der Waals surface area contributed by atoms with Crippen molar-refractivity contribution >= 4 is 36.9 Å². The largest absolute Gasteiger partial charge is 0.552 e. The zero-order valence-electron chi connectivity index (χ0n) is 16.8. The van der Waals surface area contributed by atoms with E-state index < -0.39 is 31.3 Å². The van der Waals surface area contributed by atoms with Crippen LogP contribution < -0.4 is 0 Å². The maximum atomic E-state index is 6.80. The average molecular weight is 380 g/mol. The van der Waals surface area contributed by atoms with E-state index >= 15 is 0 Å². The Morgan fingerprint density at radius 2 is 1.22 bits per heavy atom. The van der Waals surface area contributed by atoms with Gasteiger partial charge in [-0.1, -0.05) is 69.6 Å². The van der Waals surface area contributed by atoms with Gasteiger partial charge in [-0.05, 0) is 37.7 Å². The van der Waals surface area contributed by atoms with Crippen molar-refractivity contribution in [3.63, 3.8) is 0 Å². The fraction of sp³-hybridized carbons (Fsp3) is 0.556. The van der Waals surface area contributed by atoms with Gasteiger partial charge in [0.25, 0.3) is 0 Å². The van der Waals surface area contributed by atoms with Gasteiger partial charge in [0.05, 0.1) is 5.38 Å². The Kier molecular flexibility index (Phi) is 6.52. The maximum Gasteiger partial charge on any atom is 0.241 e. The van der Waals surface area contributed by atoms with Gasteiger partial charge in [-0.3, -0.25) is 0 Å². The third kappa shape index (κ3) is 6.21. The van der Waals surface area contributed by atoms with Crippen molar-refractivity contribution in [2.75, 3.05) is 0 Å². The smallest absolute Gasteiger partial charge is 0.241 e. The molecule has 0 heterocycles. The van der Waals surface area contributed by atoms with Crippen LogP contribution in [0.15, 0.2) is 35.7 Å². The van der Waals surface area contributed by atoms with Gasteiger partial charge in [0, 0.05) is 15.2 Å². The lowest BCUT2D eigenvalue weighted by molar-refractivity contribution is 0.459. The molecule has 1 aromatic carbocycles. The second kappa shape index (κ2) is 7.25. The van der Waals surface area contributed by atoms with Gasteiger partial charge in [-0.25, -0.2) is 0 Å². The highest BCUT2D eigenvalue weighted by atomic mass is 29.6. The molecule has 129 valence electrons. The van der Waals surface area contributed by atoms with Crippen LogP contribution in [0.25, 0.3) is 5.57 Å². The van der Waals surface area contributed by atoms with Crippen LogP contribution in [-0.2, 0) is 4.43 Å². The summed E-state index contributed by atoms with van der Waals surface area (Å²) in [5.41, 5.74) is 2.73. The summed E-state index contributed by atoms with van der Waals surface area (Å²) in [7, 11) is -4.80. The molecule has 5 heteroatoms. The van der Waals surface area contributed by atoms with Crippen LogP contribution in [0, 0.1) is 0 Å². The molecule has 1 rings (SSSR count). The van der Waals surface area contributed by atoms with E-state index in [1.807, 2.05) is 0 Å². The third-order valence-electron chi connectivity index (χ3n) is 3.68. The molecular formula is C18H35OSi4. The quantitative estimate of drug-likeness (QED) is 0.426. The summed E-state index contributed by atoms with van der Waals surface area (Å²) < 4.78 is 6.80. The van der Waals surface area contributed by atoms with E-state index in [-0.39, 0.29) is 0 Å². The van der Waals surface area contributed by atoms with Gasteiger partial charge in [-0.15, -0.1) is 0 Å². The van der Waals surface area contributed by atoms with Crippen molar-refractivity contribution < 1.29 is 4.43 Å². The molecular weight excluding hydrogens is 345 g/mol. The average Bonchev–Trinajstić information content (AvgIpc) is 2.33. The van der Waals surface area contributed by atoms with Gasteiger partial charge in [0.2, 0.25) is 8.32 Å². The first-order chi connectivity index (χ1) is 10.2. The van der Waals surface area contributed by atoms with Crippen molar-refractivity contribution in [3.8, 4) is 0 Å². The van der Waals surface area contributed by atoms with Crippen LogP contribution in [0.1, 0.15) is 12.5 Å². The molecule has 0 amide bonds. The van der Waals surface area contributed by atoms with Crippen molar-refractivity contribution in [1.29, 1.82) is 0 Å². The highest BCUT2D eigenvalue weighted by Crippen LogP contribution is 2.32. The zero-order valence-corrected chi connectivity index (χ0v) is 20.8. The lowest BCUT2D eigenvalue weighted by Gasteiger charge is -2.41. The number of allylic oxidation sites excluding steroid dienone is 1. The molecule has 0 unspecified atom stereocenters. The van der Waals surface area contributed by atoms with Crippen molar-refractivity contribution in [3.05, 3.63) is 41.3 Å². The molecule has 0 saturated carbocycles. The topological polar surface area (TPSA) is 9.23 Å². The van der Waals surface area contributed by atoms with Gasteiger partial charge < -0.3 is 4.43 Å². The van der Waals surface area contributed by atoms with E-state index in [9.17, 15) is 0 Å². The molecule has 0 aliphatic rings. The zero-order chi connectivity index (χ0) is 18.1. The molecule has 0 spiro atoms. The first kappa shape index (κ1) is 20.7. The van der Waals surface area contributed by atoms with Crippen LogP contribution >= 0.6 is 0 Å². The summed E-state index contributed by atoms with van der Waals surface area (Å²) in [6, 6.07) is 10.8. The minimum atomic E-state index is -1.62. The predicted molar refractivity (Wildman–Crippen MR) is 116 cm³/mol. The van der Waals surface area contributed by atoms with Crippen molar-refractivity contribution in [1.82, 2.24) is 0 Å². The summed E-state index contributed by atoms with van der Waals surface area (Å²) in [6.07, 6.45) is 0. The van der Waals surface area contributed by atoms with Gasteiger partial charge in [0.1, 0.15) is 7.83 Å². The Hall–Kier alpha value is -0.372. The number of hydrogen-bond acceptors (Lipinski definition) is 1. The number of benzene rings is 1. The Morgan fingerprint density at radius 3 is 1.57 bits per heavy atom. The van der Waals surface area contributed by atoms with Crippen LogP contribution in [0.4, 0.5) is 0 Å². The lowest BCUT2D eigenvalue weighted by atomic mass is 10.1. The summed E-state index contributed by atoms with van der Waals surface area (Å²) >= 11 is 0. The molecule has 0 fully saturated rings. The Morgan fingerprint density at radius 1 is 0.783 bits per heavy atom. The molecule has 23 heavy (non-hydrogen) atoms. The van der Waals surface area contributed by atoms with E-state index in [0.29, 0.717) is 0 Å². The van der Waals surface area contributed by atoms with Crippen LogP contribution in [0.3, 0.4) is 0 Å². The first-order valence-corrected chi connectivity index (χ1v) is 22.5. The fourth-order valence-electron chi connectivity index (χ4n) is 3.25. The van der Waals surface area contributed by atoms with Gasteiger partial charge in [0.15, 0.2) is 0 Å². The monoisotopic (exact) mass is 379 g/mol. The molecule has 0 aliphatic heterocycles. The molecule has 1 nitrogen and oxygen atoms in total. The van der Waals surface area contributed by atoms with Crippen LogP contribution in [-0.4, -0.2) is 31.3 Å². The Labute approximate surface area is 148 Å². The second-order valence-electron chi connectivity index (χ2n) is 9.41. The van der Waals surface area contributed by atoms with Crippen molar-refractivity contribution in [2.45, 2.75) is 65.8 Å². The minimum Gasteiger partial charge on any atom is -0.552 e. The predicted octanol–water partition coefficient (Wildman–Crippen LogP) is 6.14. The standard InChI is InChI=1S/C18H35OSi4/c1-16(17-14-12-11-13-15-17)18(19-21(2,3)4)20(22(5,6)7)23(8,9)10/h11-15H,1-10H3/b18-16+. The second-order valence-corrected chi connectivity index (χ2v) is 37.5. The van der Waals surface area contributed by atoms with Crippen LogP contribution in [0.5, 0.6) is 0 Å². The summed E-state index contributed by atoms with van der Waals surface area (Å²) in [4.78, 5) is 0. The van der Waals surface area contributed by atoms with Gasteiger partial charge in [-0.2, -0.15) is 0 Å². The molecule has 0 atom stereocenters.